The first-order valence-electron chi connectivity index (χ1n) is 21.0. The van der Waals surface area contributed by atoms with Gasteiger partial charge in [-0.1, -0.05) is 81.8 Å². The van der Waals surface area contributed by atoms with Gasteiger partial charge in [-0.2, -0.15) is 5.10 Å². The molecule has 4 aromatic rings. The molecule has 1 saturated carbocycles. The van der Waals surface area contributed by atoms with Gasteiger partial charge in [0.2, 0.25) is 5.91 Å². The quantitative estimate of drug-likeness (QED) is 0.146. The molecule has 3 heterocycles. The monoisotopic (exact) mass is 840 g/mol. The minimum absolute atomic E-state index is 0.0125. The highest BCUT2D eigenvalue weighted by atomic mass is 35.5. The lowest BCUT2D eigenvalue weighted by Gasteiger charge is -2.29. The van der Waals surface area contributed by atoms with Crippen molar-refractivity contribution in [1.82, 2.24) is 24.3 Å². The van der Waals surface area contributed by atoms with Gasteiger partial charge in [-0.25, -0.2) is 17.8 Å². The maximum absolute atomic E-state index is 14.5. The second-order valence-electron chi connectivity index (χ2n) is 15.9. The molecule has 3 aliphatic rings. The van der Waals surface area contributed by atoms with E-state index in [9.17, 15) is 27.6 Å². The lowest BCUT2D eigenvalue weighted by atomic mass is 9.88. The highest BCUT2D eigenvalue weighted by molar-refractivity contribution is 7.90. The number of nitrogens with zero attached hydrogens (tertiary/aromatic N) is 5. The van der Waals surface area contributed by atoms with E-state index in [-0.39, 0.29) is 50.4 Å². The molecule has 12 nitrogen and oxygen atoms in total. The molecule has 312 valence electrons. The molecule has 0 radical (unpaired) electrons. The average molecular weight is 841 g/mol. The van der Waals surface area contributed by atoms with Crippen LogP contribution >= 0.6 is 11.6 Å². The van der Waals surface area contributed by atoms with Crippen LogP contribution in [0.1, 0.15) is 125 Å². The number of aromatic nitrogens is 2. The minimum atomic E-state index is -4.35. The predicted octanol–water partition coefficient (Wildman–Crippen LogP) is 7.66. The molecule has 0 spiro atoms. The summed E-state index contributed by atoms with van der Waals surface area (Å²) in [4.78, 5) is 60.8. The zero-order chi connectivity index (χ0) is 41.8. The molecule has 7 rings (SSSR count). The fraction of sp³-hybridized carbons (Fsp3) is 0.444. The van der Waals surface area contributed by atoms with E-state index in [2.05, 4.69) is 23.7 Å². The number of benzene rings is 3. The van der Waals surface area contributed by atoms with Crippen molar-refractivity contribution in [2.45, 2.75) is 103 Å². The third kappa shape index (κ3) is 8.82. The fourth-order valence-electron chi connectivity index (χ4n) is 8.47. The Hall–Kier alpha value is -5.01. The van der Waals surface area contributed by atoms with Crippen LogP contribution in [0.25, 0.3) is 5.69 Å². The molecular formula is C45H53ClN6O6S. The third-order valence-corrected chi connectivity index (χ3v) is 13.7. The van der Waals surface area contributed by atoms with Crippen molar-refractivity contribution < 1.29 is 27.6 Å². The second-order valence-corrected chi connectivity index (χ2v) is 18.0. The second kappa shape index (κ2) is 18.1. The summed E-state index contributed by atoms with van der Waals surface area (Å²) in [6, 6.07) is 16.9. The predicted molar refractivity (Wildman–Crippen MR) is 228 cm³/mol. The SMILES string of the molecule is CCCCN(CCCC)C(=O)c1nn(-c2ccc(C(=O)NS(=O)(=O)c3ccc4c(c3)CCN4C(=O)C3CCCCC3)cc2C(=O)N2CCc3ccccc3C2)c(C)c1Cl. The Kier molecular flexibility index (Phi) is 12.9. The van der Waals surface area contributed by atoms with Crippen molar-refractivity contribution in [1.29, 1.82) is 0 Å². The largest absolute Gasteiger partial charge is 0.337 e. The maximum atomic E-state index is 14.5. The van der Waals surface area contributed by atoms with Gasteiger partial charge in [0.05, 0.1) is 26.9 Å². The smallest absolute Gasteiger partial charge is 0.275 e. The van der Waals surface area contributed by atoms with E-state index in [4.69, 9.17) is 11.6 Å². The number of hydrogen-bond donors (Lipinski definition) is 1. The summed E-state index contributed by atoms with van der Waals surface area (Å²) < 4.78 is 31.1. The maximum Gasteiger partial charge on any atom is 0.275 e. The Morgan fingerprint density at radius 2 is 1.53 bits per heavy atom. The number of anilines is 1. The molecule has 0 bridgehead atoms. The number of unbranched alkanes of at least 4 members (excludes halogenated alkanes) is 2. The van der Waals surface area contributed by atoms with E-state index in [0.29, 0.717) is 62.6 Å². The lowest BCUT2D eigenvalue weighted by molar-refractivity contribution is -0.123. The average Bonchev–Trinajstić information content (AvgIpc) is 3.82. The molecular weight excluding hydrogens is 788 g/mol. The molecule has 0 unspecified atom stereocenters. The molecule has 1 N–H and O–H groups in total. The first-order valence-corrected chi connectivity index (χ1v) is 22.8. The van der Waals surface area contributed by atoms with E-state index < -0.39 is 15.9 Å². The molecule has 3 aromatic carbocycles. The minimum Gasteiger partial charge on any atom is -0.337 e. The third-order valence-electron chi connectivity index (χ3n) is 11.9. The van der Waals surface area contributed by atoms with Gasteiger partial charge in [-0.15, -0.1) is 0 Å². The van der Waals surface area contributed by atoms with Crippen molar-refractivity contribution in [3.05, 3.63) is 105 Å². The van der Waals surface area contributed by atoms with Gasteiger partial charge < -0.3 is 14.7 Å². The zero-order valence-corrected chi connectivity index (χ0v) is 35.7. The molecule has 1 aromatic heterocycles. The first-order chi connectivity index (χ1) is 28.4. The summed E-state index contributed by atoms with van der Waals surface area (Å²) in [6.07, 6.45) is 9.60. The molecule has 59 heavy (non-hydrogen) atoms. The molecule has 1 aliphatic carbocycles. The summed E-state index contributed by atoms with van der Waals surface area (Å²) in [5.41, 5.74) is 4.46. The van der Waals surface area contributed by atoms with Gasteiger partial charge in [0, 0.05) is 49.9 Å². The van der Waals surface area contributed by atoms with Crippen LogP contribution < -0.4 is 9.62 Å². The van der Waals surface area contributed by atoms with Crippen LogP contribution in [0.4, 0.5) is 5.69 Å². The van der Waals surface area contributed by atoms with E-state index in [1.54, 1.807) is 27.7 Å². The molecule has 0 saturated heterocycles. The number of fused-ring (bicyclic) bond motifs is 2. The Balaban J connectivity index is 1.19. The summed E-state index contributed by atoms with van der Waals surface area (Å²) >= 11 is 6.84. The van der Waals surface area contributed by atoms with Gasteiger partial charge in [0.15, 0.2) is 5.69 Å². The van der Waals surface area contributed by atoms with E-state index in [1.807, 2.05) is 24.3 Å². The highest BCUT2D eigenvalue weighted by Gasteiger charge is 2.33. The number of amides is 4. The van der Waals surface area contributed by atoms with Gasteiger partial charge >= 0.3 is 0 Å². The van der Waals surface area contributed by atoms with Crippen LogP contribution in [-0.2, 0) is 34.2 Å². The summed E-state index contributed by atoms with van der Waals surface area (Å²) in [5, 5.41) is 4.86. The number of carbonyl (C=O) groups excluding carboxylic acids is 4. The molecule has 14 heteroatoms. The van der Waals surface area contributed by atoms with Crippen LogP contribution in [0, 0.1) is 12.8 Å². The highest BCUT2D eigenvalue weighted by Crippen LogP contribution is 2.35. The van der Waals surface area contributed by atoms with E-state index >= 15 is 0 Å². The topological polar surface area (TPSA) is 142 Å². The summed E-state index contributed by atoms with van der Waals surface area (Å²) in [5.74, 6) is -1.52. The number of halogens is 1. The molecule has 1 fully saturated rings. The molecule has 4 amide bonds. The van der Waals surface area contributed by atoms with Gasteiger partial charge in [-0.05, 0) is 98.5 Å². The zero-order valence-electron chi connectivity index (χ0n) is 34.1. The van der Waals surface area contributed by atoms with Gasteiger partial charge in [0.1, 0.15) is 0 Å². The first kappa shape index (κ1) is 42.1. The number of nitrogens with one attached hydrogen (secondary N) is 1. The Morgan fingerprint density at radius 1 is 0.847 bits per heavy atom. The van der Waals surface area contributed by atoms with Crippen LogP contribution in [0.3, 0.4) is 0 Å². The Morgan fingerprint density at radius 3 is 2.24 bits per heavy atom. The van der Waals surface area contributed by atoms with Crippen LogP contribution in [0.5, 0.6) is 0 Å². The summed E-state index contributed by atoms with van der Waals surface area (Å²) in [7, 11) is -4.35. The Labute approximate surface area is 351 Å². The molecule has 2 aliphatic heterocycles. The normalized spacial score (nSPS) is 15.5. The van der Waals surface area contributed by atoms with E-state index in [0.717, 1.165) is 74.5 Å². The Bertz CT molecular complexity index is 2360. The summed E-state index contributed by atoms with van der Waals surface area (Å²) in [6.45, 7) is 8.23. The standard InChI is InChI=1S/C45H53ClN6O6S/c1-4-6-23-49(24-7-5-2)45(56)41-40(46)30(3)52(47-41)39-19-17-34(28-37(39)44(55)50-25-21-31-13-11-12-16-35(31)29-50)42(53)48-59(57,58)36-18-20-38-33(27-36)22-26-51(38)43(54)32-14-9-8-10-15-32/h11-13,16-20,27-28,32H,4-10,14-15,21-26,29H2,1-3H3,(H,48,53). The van der Waals surface area contributed by atoms with Crippen molar-refractivity contribution in [3.63, 3.8) is 0 Å². The number of hydrogen-bond acceptors (Lipinski definition) is 7. The van der Waals surface area contributed by atoms with Crippen molar-refractivity contribution in [2.24, 2.45) is 5.92 Å². The number of carbonyl (C=O) groups is 4. The van der Waals surface area contributed by atoms with Crippen LogP contribution in [-0.4, -0.2) is 77.8 Å². The van der Waals surface area contributed by atoms with Crippen molar-refractivity contribution in [3.8, 4) is 5.69 Å². The van der Waals surface area contributed by atoms with Crippen LogP contribution in [0.2, 0.25) is 5.02 Å². The number of sulfonamides is 1. The number of rotatable bonds is 13. The van der Waals surface area contributed by atoms with Crippen LogP contribution in [0.15, 0.2) is 65.6 Å². The molecule has 0 atom stereocenters. The van der Waals surface area contributed by atoms with E-state index in [1.165, 1.54) is 35.0 Å². The fourth-order valence-corrected chi connectivity index (χ4v) is 9.70. The van der Waals surface area contributed by atoms with Crippen molar-refractivity contribution >= 4 is 50.9 Å². The van der Waals surface area contributed by atoms with Gasteiger partial charge in [-0.3, -0.25) is 19.2 Å². The van der Waals surface area contributed by atoms with Crippen molar-refractivity contribution in [2.75, 3.05) is 31.1 Å². The lowest BCUT2D eigenvalue weighted by Crippen LogP contribution is -2.37. The van der Waals surface area contributed by atoms with Gasteiger partial charge in [0.25, 0.3) is 27.7 Å².